The minimum atomic E-state index is -0.180. The fourth-order valence-corrected chi connectivity index (χ4v) is 3.41. The monoisotopic (exact) mass is 404 g/mol. The van der Waals surface area contributed by atoms with Crippen LogP contribution in [0.4, 0.5) is 10.5 Å². The summed E-state index contributed by atoms with van der Waals surface area (Å²) in [5, 5.41) is 3.81. The van der Waals surface area contributed by atoms with Crippen LogP contribution in [0.1, 0.15) is 5.89 Å². The molecule has 1 aliphatic rings. The number of benzene rings is 2. The molecule has 0 bridgehead atoms. The van der Waals surface area contributed by atoms with E-state index in [0.717, 1.165) is 24.2 Å². The molecule has 3 aromatic rings. The molecule has 2 aromatic carbocycles. The molecule has 2 heterocycles. The molecule has 0 unspecified atom stereocenters. The van der Waals surface area contributed by atoms with E-state index in [1.54, 1.807) is 23.1 Å². The topological polar surface area (TPSA) is 61.6 Å². The standard InChI is InChI=1S/C19H18Cl2N4O2/c20-13-5-6-14(21)16(11-13)23-19(26)25-9-7-24(8-10-25)12-18-22-15-3-1-2-4-17(15)27-18/h1-6,11H,7-10,12H2,(H,23,26). The summed E-state index contributed by atoms with van der Waals surface area (Å²) in [5.74, 6) is 0.694. The van der Waals surface area contributed by atoms with Crippen molar-refractivity contribution in [1.82, 2.24) is 14.8 Å². The number of piperazine rings is 1. The molecule has 1 saturated heterocycles. The molecule has 8 heteroatoms. The van der Waals surface area contributed by atoms with Gasteiger partial charge in [0.25, 0.3) is 0 Å². The average molecular weight is 405 g/mol. The van der Waals surface area contributed by atoms with Gasteiger partial charge in [0, 0.05) is 31.2 Å². The highest BCUT2D eigenvalue weighted by atomic mass is 35.5. The summed E-state index contributed by atoms with van der Waals surface area (Å²) in [6, 6.07) is 12.5. The summed E-state index contributed by atoms with van der Waals surface area (Å²) >= 11 is 12.1. The lowest BCUT2D eigenvalue weighted by molar-refractivity contribution is 0.136. The first kappa shape index (κ1) is 18.1. The third-order valence-corrected chi connectivity index (χ3v) is 5.09. The number of anilines is 1. The van der Waals surface area contributed by atoms with Crippen molar-refractivity contribution in [2.45, 2.75) is 6.54 Å². The van der Waals surface area contributed by atoms with Crippen molar-refractivity contribution < 1.29 is 9.21 Å². The van der Waals surface area contributed by atoms with Gasteiger partial charge in [-0.25, -0.2) is 9.78 Å². The number of nitrogens with one attached hydrogen (secondary N) is 1. The number of amides is 2. The normalized spacial score (nSPS) is 15.3. The minimum absolute atomic E-state index is 0.180. The van der Waals surface area contributed by atoms with E-state index in [1.807, 2.05) is 24.3 Å². The van der Waals surface area contributed by atoms with Gasteiger partial charge in [0.05, 0.1) is 17.3 Å². The second kappa shape index (κ2) is 7.76. The molecule has 1 aliphatic heterocycles. The quantitative estimate of drug-likeness (QED) is 0.698. The maximum Gasteiger partial charge on any atom is 0.321 e. The molecule has 1 aromatic heterocycles. The van der Waals surface area contributed by atoms with Crippen molar-refractivity contribution in [2.75, 3.05) is 31.5 Å². The maximum absolute atomic E-state index is 12.5. The number of carbonyl (C=O) groups is 1. The molecule has 4 rings (SSSR count). The molecule has 1 fully saturated rings. The van der Waals surface area contributed by atoms with Crippen molar-refractivity contribution in [2.24, 2.45) is 0 Å². The van der Waals surface area contributed by atoms with Crippen LogP contribution in [0.5, 0.6) is 0 Å². The van der Waals surface area contributed by atoms with Gasteiger partial charge in [0.15, 0.2) is 5.58 Å². The van der Waals surface area contributed by atoms with Gasteiger partial charge in [-0.15, -0.1) is 0 Å². The zero-order valence-corrected chi connectivity index (χ0v) is 16.0. The fourth-order valence-electron chi connectivity index (χ4n) is 3.08. The third kappa shape index (κ3) is 4.18. The Morgan fingerprint density at radius 1 is 1.11 bits per heavy atom. The van der Waals surface area contributed by atoms with Gasteiger partial charge >= 0.3 is 6.03 Å². The smallest absolute Gasteiger partial charge is 0.321 e. The summed E-state index contributed by atoms with van der Waals surface area (Å²) in [5.41, 5.74) is 2.18. The molecule has 0 spiro atoms. The summed E-state index contributed by atoms with van der Waals surface area (Å²) in [4.78, 5) is 21.0. The molecule has 2 amide bonds. The number of aromatic nitrogens is 1. The molecular weight excluding hydrogens is 387 g/mol. The number of nitrogens with zero attached hydrogens (tertiary/aromatic N) is 3. The maximum atomic E-state index is 12.5. The summed E-state index contributed by atoms with van der Waals surface area (Å²) < 4.78 is 5.78. The summed E-state index contributed by atoms with van der Waals surface area (Å²) in [6.07, 6.45) is 0. The Morgan fingerprint density at radius 3 is 2.67 bits per heavy atom. The number of hydrogen-bond donors (Lipinski definition) is 1. The van der Waals surface area contributed by atoms with Crippen LogP contribution in [0.3, 0.4) is 0 Å². The number of carbonyl (C=O) groups excluding carboxylic acids is 1. The predicted octanol–water partition coefficient (Wildman–Crippen LogP) is 4.48. The lowest BCUT2D eigenvalue weighted by Crippen LogP contribution is -2.49. The summed E-state index contributed by atoms with van der Waals surface area (Å²) in [7, 11) is 0. The minimum Gasteiger partial charge on any atom is -0.439 e. The van der Waals surface area contributed by atoms with Crippen LogP contribution in [0, 0.1) is 0 Å². The van der Waals surface area contributed by atoms with Crippen LogP contribution in [0.2, 0.25) is 10.0 Å². The molecule has 1 N–H and O–H groups in total. The molecule has 140 valence electrons. The highest BCUT2D eigenvalue weighted by Gasteiger charge is 2.23. The molecule has 27 heavy (non-hydrogen) atoms. The molecule has 0 saturated carbocycles. The van der Waals surface area contributed by atoms with E-state index >= 15 is 0 Å². The third-order valence-electron chi connectivity index (χ3n) is 4.53. The van der Waals surface area contributed by atoms with Gasteiger partial charge in [-0.3, -0.25) is 4.90 Å². The molecular formula is C19H18Cl2N4O2. The van der Waals surface area contributed by atoms with Gasteiger partial charge in [0.1, 0.15) is 5.52 Å². The van der Waals surface area contributed by atoms with Crippen LogP contribution < -0.4 is 5.32 Å². The molecule has 6 nitrogen and oxygen atoms in total. The van der Waals surface area contributed by atoms with E-state index in [9.17, 15) is 4.79 Å². The SMILES string of the molecule is O=C(Nc1cc(Cl)ccc1Cl)N1CCN(Cc2nc3ccccc3o2)CC1. The van der Waals surface area contributed by atoms with E-state index in [4.69, 9.17) is 27.6 Å². The number of oxazole rings is 1. The van der Waals surface area contributed by atoms with Gasteiger partial charge < -0.3 is 14.6 Å². The van der Waals surface area contributed by atoms with Crippen LogP contribution in [-0.4, -0.2) is 47.0 Å². The van der Waals surface area contributed by atoms with Crippen molar-refractivity contribution in [3.05, 3.63) is 58.4 Å². The molecule has 0 atom stereocenters. The van der Waals surface area contributed by atoms with Crippen LogP contribution >= 0.6 is 23.2 Å². The Bertz CT molecular complexity index is 934. The van der Waals surface area contributed by atoms with Crippen LogP contribution in [-0.2, 0) is 6.54 Å². The number of halogens is 2. The highest BCUT2D eigenvalue weighted by molar-refractivity contribution is 6.35. The van der Waals surface area contributed by atoms with Crippen molar-refractivity contribution in [3.8, 4) is 0 Å². The lowest BCUT2D eigenvalue weighted by Gasteiger charge is -2.34. The van der Waals surface area contributed by atoms with E-state index in [1.165, 1.54) is 0 Å². The second-order valence-electron chi connectivity index (χ2n) is 6.39. The van der Waals surface area contributed by atoms with Gasteiger partial charge in [-0.05, 0) is 30.3 Å². The number of rotatable bonds is 3. The Hall–Kier alpha value is -2.28. The largest absolute Gasteiger partial charge is 0.439 e. The van der Waals surface area contributed by atoms with Crippen molar-refractivity contribution in [1.29, 1.82) is 0 Å². The number of urea groups is 1. The van der Waals surface area contributed by atoms with E-state index in [0.29, 0.717) is 41.3 Å². The number of para-hydroxylation sites is 2. The first-order valence-corrected chi connectivity index (χ1v) is 9.42. The zero-order valence-electron chi connectivity index (χ0n) is 14.5. The zero-order chi connectivity index (χ0) is 18.8. The molecule has 0 aliphatic carbocycles. The number of fused-ring (bicyclic) bond motifs is 1. The van der Waals surface area contributed by atoms with Crippen LogP contribution in [0.25, 0.3) is 11.1 Å². The first-order valence-electron chi connectivity index (χ1n) is 8.66. The van der Waals surface area contributed by atoms with Crippen LogP contribution in [0.15, 0.2) is 46.9 Å². The van der Waals surface area contributed by atoms with Gasteiger partial charge in [-0.1, -0.05) is 35.3 Å². The average Bonchev–Trinajstić information content (AvgIpc) is 3.07. The Kier molecular flexibility index (Phi) is 5.20. The van der Waals surface area contributed by atoms with E-state index in [-0.39, 0.29) is 6.03 Å². The highest BCUT2D eigenvalue weighted by Crippen LogP contribution is 2.26. The van der Waals surface area contributed by atoms with E-state index < -0.39 is 0 Å². The Morgan fingerprint density at radius 2 is 1.89 bits per heavy atom. The summed E-state index contributed by atoms with van der Waals surface area (Å²) in [6.45, 7) is 3.35. The van der Waals surface area contributed by atoms with Gasteiger partial charge in [-0.2, -0.15) is 0 Å². The Labute approximate surface area is 166 Å². The van der Waals surface area contributed by atoms with Gasteiger partial charge in [0.2, 0.25) is 5.89 Å². The molecule has 0 radical (unpaired) electrons. The second-order valence-corrected chi connectivity index (χ2v) is 7.24. The van der Waals surface area contributed by atoms with Crippen molar-refractivity contribution >= 4 is 46.0 Å². The fraction of sp³-hybridized carbons (Fsp3) is 0.263. The number of hydrogen-bond acceptors (Lipinski definition) is 4. The Balaban J connectivity index is 1.33. The predicted molar refractivity (Wildman–Crippen MR) is 106 cm³/mol. The lowest BCUT2D eigenvalue weighted by atomic mass is 10.3. The first-order chi connectivity index (χ1) is 13.1. The van der Waals surface area contributed by atoms with Crippen molar-refractivity contribution in [3.63, 3.8) is 0 Å². The van der Waals surface area contributed by atoms with E-state index in [2.05, 4.69) is 15.2 Å².